The van der Waals surface area contributed by atoms with Gasteiger partial charge in [-0.1, -0.05) is 36.4 Å². The fraction of sp³-hybridized carbons (Fsp3) is 0.316. The fourth-order valence-corrected chi connectivity index (χ4v) is 3.38. The van der Waals surface area contributed by atoms with Gasteiger partial charge in [0.05, 0.1) is 6.04 Å². The van der Waals surface area contributed by atoms with E-state index >= 15 is 0 Å². The molecule has 132 valence electrons. The van der Waals surface area contributed by atoms with Crippen LogP contribution in [0.25, 0.3) is 11.4 Å². The zero-order valence-corrected chi connectivity index (χ0v) is 14.6. The number of likely N-dealkylation sites (tertiary alicyclic amines) is 1. The van der Waals surface area contributed by atoms with Crippen LogP contribution in [0.5, 0.6) is 0 Å². The Morgan fingerprint density at radius 3 is 2.81 bits per heavy atom. The monoisotopic (exact) mass is 348 g/mol. The molecule has 1 aliphatic heterocycles. The molecule has 0 N–H and O–H groups in total. The lowest BCUT2D eigenvalue weighted by atomic mass is 10.1. The molecule has 7 heteroatoms. The van der Waals surface area contributed by atoms with Crippen LogP contribution in [0.2, 0.25) is 0 Å². The Bertz CT molecular complexity index is 879. The van der Waals surface area contributed by atoms with Crippen LogP contribution in [0, 0.1) is 0 Å². The van der Waals surface area contributed by atoms with Crippen LogP contribution in [-0.2, 0) is 4.79 Å². The molecule has 0 saturated carbocycles. The molecule has 3 heterocycles. The standard InChI is InChI=1S/C19H20N6O/c1-14(25-22-18(21-23-25)15-7-3-2-4-8-15)19(26)24-12-6-10-17(24)16-9-5-11-20-13-16/h2-5,7-9,11,13-14,17H,6,10,12H2,1H3/t14-,17+/m1/s1. The molecule has 2 atom stereocenters. The Labute approximate surface area is 151 Å². The van der Waals surface area contributed by atoms with E-state index in [2.05, 4.69) is 20.4 Å². The predicted octanol–water partition coefficient (Wildman–Crippen LogP) is 2.66. The number of hydrogen-bond donors (Lipinski definition) is 0. The van der Waals surface area contributed by atoms with Gasteiger partial charge in [0.1, 0.15) is 6.04 Å². The average Bonchev–Trinajstić information content (AvgIpc) is 3.38. The molecule has 7 nitrogen and oxygen atoms in total. The van der Waals surface area contributed by atoms with Crippen molar-refractivity contribution in [1.82, 2.24) is 30.1 Å². The number of carbonyl (C=O) groups is 1. The number of pyridine rings is 1. The minimum Gasteiger partial charge on any atom is -0.334 e. The molecule has 26 heavy (non-hydrogen) atoms. The normalized spacial score (nSPS) is 18.0. The molecular weight excluding hydrogens is 328 g/mol. The lowest BCUT2D eigenvalue weighted by Crippen LogP contribution is -2.36. The number of nitrogens with zero attached hydrogens (tertiary/aromatic N) is 6. The Balaban J connectivity index is 1.54. The quantitative estimate of drug-likeness (QED) is 0.724. The highest BCUT2D eigenvalue weighted by atomic mass is 16.2. The third-order valence-electron chi connectivity index (χ3n) is 4.77. The molecule has 1 saturated heterocycles. The summed E-state index contributed by atoms with van der Waals surface area (Å²) in [5.74, 6) is 0.531. The fourth-order valence-electron chi connectivity index (χ4n) is 3.38. The number of carbonyl (C=O) groups excluding carboxylic acids is 1. The molecule has 1 fully saturated rings. The van der Waals surface area contributed by atoms with Crippen molar-refractivity contribution < 1.29 is 4.79 Å². The van der Waals surface area contributed by atoms with Gasteiger partial charge in [-0.25, -0.2) is 0 Å². The lowest BCUT2D eigenvalue weighted by Gasteiger charge is -2.27. The van der Waals surface area contributed by atoms with Crippen molar-refractivity contribution in [1.29, 1.82) is 0 Å². The first-order valence-electron chi connectivity index (χ1n) is 8.79. The number of aromatic nitrogens is 5. The van der Waals surface area contributed by atoms with Crippen LogP contribution in [0.1, 0.15) is 37.4 Å². The van der Waals surface area contributed by atoms with Crippen molar-refractivity contribution in [2.24, 2.45) is 0 Å². The van der Waals surface area contributed by atoms with Gasteiger partial charge >= 0.3 is 0 Å². The first kappa shape index (κ1) is 16.4. The zero-order chi connectivity index (χ0) is 17.9. The van der Waals surface area contributed by atoms with E-state index in [9.17, 15) is 4.79 Å². The van der Waals surface area contributed by atoms with E-state index < -0.39 is 6.04 Å². The van der Waals surface area contributed by atoms with Crippen LogP contribution in [0.3, 0.4) is 0 Å². The topological polar surface area (TPSA) is 76.8 Å². The maximum Gasteiger partial charge on any atom is 0.249 e. The van der Waals surface area contributed by atoms with Gasteiger partial charge in [-0.2, -0.15) is 4.80 Å². The summed E-state index contributed by atoms with van der Waals surface area (Å²) in [5.41, 5.74) is 1.95. The van der Waals surface area contributed by atoms with Crippen LogP contribution < -0.4 is 0 Å². The van der Waals surface area contributed by atoms with E-state index in [0.29, 0.717) is 5.82 Å². The highest BCUT2D eigenvalue weighted by molar-refractivity contribution is 5.80. The Kier molecular flexibility index (Phi) is 4.43. The van der Waals surface area contributed by atoms with Gasteiger partial charge in [-0.3, -0.25) is 9.78 Å². The summed E-state index contributed by atoms with van der Waals surface area (Å²) >= 11 is 0. The third-order valence-corrected chi connectivity index (χ3v) is 4.77. The second-order valence-electron chi connectivity index (χ2n) is 6.45. The van der Waals surface area contributed by atoms with Gasteiger partial charge in [0.2, 0.25) is 11.7 Å². The van der Waals surface area contributed by atoms with Crippen molar-refractivity contribution in [3.63, 3.8) is 0 Å². The molecule has 0 radical (unpaired) electrons. The molecular formula is C19H20N6O. The van der Waals surface area contributed by atoms with Crippen molar-refractivity contribution >= 4 is 5.91 Å². The van der Waals surface area contributed by atoms with E-state index in [1.165, 1.54) is 4.80 Å². The van der Waals surface area contributed by atoms with E-state index in [0.717, 1.165) is 30.5 Å². The lowest BCUT2D eigenvalue weighted by molar-refractivity contribution is -0.135. The second-order valence-corrected chi connectivity index (χ2v) is 6.45. The van der Waals surface area contributed by atoms with Gasteiger partial charge in [-0.05, 0) is 36.6 Å². The van der Waals surface area contributed by atoms with Gasteiger partial charge in [-0.15, -0.1) is 10.2 Å². The van der Waals surface area contributed by atoms with E-state index in [-0.39, 0.29) is 11.9 Å². The minimum absolute atomic E-state index is 0.00775. The van der Waals surface area contributed by atoms with Crippen molar-refractivity contribution in [3.8, 4) is 11.4 Å². The van der Waals surface area contributed by atoms with Gasteiger partial charge < -0.3 is 4.90 Å². The Morgan fingerprint density at radius 1 is 1.19 bits per heavy atom. The summed E-state index contributed by atoms with van der Waals surface area (Å²) < 4.78 is 0. The molecule has 1 aromatic carbocycles. The van der Waals surface area contributed by atoms with E-state index in [1.807, 2.05) is 60.5 Å². The van der Waals surface area contributed by atoms with E-state index in [1.54, 1.807) is 6.20 Å². The van der Waals surface area contributed by atoms with Crippen molar-refractivity contribution in [2.45, 2.75) is 31.8 Å². The highest BCUT2D eigenvalue weighted by Crippen LogP contribution is 2.33. The van der Waals surface area contributed by atoms with Gasteiger partial charge in [0.15, 0.2) is 0 Å². The molecule has 3 aromatic rings. The molecule has 1 amide bonds. The summed E-state index contributed by atoms with van der Waals surface area (Å²) in [5, 5.41) is 12.6. The molecule has 0 bridgehead atoms. The molecule has 0 unspecified atom stereocenters. The molecule has 0 spiro atoms. The van der Waals surface area contributed by atoms with Crippen LogP contribution in [0.15, 0.2) is 54.9 Å². The van der Waals surface area contributed by atoms with Gasteiger partial charge in [0.25, 0.3) is 0 Å². The Hall–Kier alpha value is -3.09. The van der Waals surface area contributed by atoms with Crippen LogP contribution in [-0.4, -0.2) is 42.5 Å². The van der Waals surface area contributed by atoms with Gasteiger partial charge in [0, 0.05) is 24.5 Å². The second kappa shape index (κ2) is 7.03. The largest absolute Gasteiger partial charge is 0.334 e. The summed E-state index contributed by atoms with van der Waals surface area (Å²) in [6, 6.07) is 13.1. The number of benzene rings is 1. The molecule has 2 aromatic heterocycles. The zero-order valence-electron chi connectivity index (χ0n) is 14.6. The third kappa shape index (κ3) is 3.08. The maximum absolute atomic E-state index is 13.1. The molecule has 4 rings (SSSR count). The summed E-state index contributed by atoms with van der Waals surface area (Å²) in [7, 11) is 0. The number of rotatable bonds is 4. The number of amides is 1. The predicted molar refractivity (Wildman–Crippen MR) is 95.9 cm³/mol. The van der Waals surface area contributed by atoms with Crippen molar-refractivity contribution in [3.05, 3.63) is 60.4 Å². The van der Waals surface area contributed by atoms with E-state index in [4.69, 9.17) is 0 Å². The maximum atomic E-state index is 13.1. The van der Waals surface area contributed by atoms with Crippen molar-refractivity contribution in [2.75, 3.05) is 6.54 Å². The number of tetrazole rings is 1. The first-order chi connectivity index (χ1) is 12.7. The summed E-state index contributed by atoms with van der Waals surface area (Å²) in [6.07, 6.45) is 5.52. The molecule has 0 aliphatic carbocycles. The number of hydrogen-bond acceptors (Lipinski definition) is 5. The first-order valence-corrected chi connectivity index (χ1v) is 8.79. The Morgan fingerprint density at radius 2 is 2.04 bits per heavy atom. The summed E-state index contributed by atoms with van der Waals surface area (Å²) in [4.78, 5) is 20.6. The SMILES string of the molecule is C[C@H](C(=O)N1CCC[C@H]1c1cccnc1)n1nnc(-c2ccccc2)n1. The summed E-state index contributed by atoms with van der Waals surface area (Å²) in [6.45, 7) is 2.56. The van der Waals surface area contributed by atoms with Crippen LogP contribution in [0.4, 0.5) is 0 Å². The average molecular weight is 348 g/mol. The smallest absolute Gasteiger partial charge is 0.249 e. The highest BCUT2D eigenvalue weighted by Gasteiger charge is 2.34. The molecule has 1 aliphatic rings. The minimum atomic E-state index is -0.503. The van der Waals surface area contributed by atoms with Crippen LogP contribution >= 0.6 is 0 Å².